The second-order valence-electron chi connectivity index (χ2n) is 5.32. The summed E-state index contributed by atoms with van der Waals surface area (Å²) in [5.41, 5.74) is 8.83. The molecule has 1 saturated carbocycles. The monoisotopic (exact) mass is 219 g/mol. The maximum Gasteiger partial charge on any atom is 0.122 e. The van der Waals surface area contributed by atoms with Crippen LogP contribution in [-0.4, -0.2) is 13.7 Å². The van der Waals surface area contributed by atoms with Crippen molar-refractivity contribution in [3.63, 3.8) is 0 Å². The van der Waals surface area contributed by atoms with Crippen LogP contribution >= 0.6 is 0 Å². The Bertz CT molecular complexity index is 398. The molecule has 0 spiro atoms. The molecule has 0 bridgehead atoms. The molecule has 2 rings (SSSR count). The minimum Gasteiger partial charge on any atom is -0.496 e. The van der Waals surface area contributed by atoms with E-state index in [4.69, 9.17) is 10.5 Å². The van der Waals surface area contributed by atoms with E-state index in [9.17, 15) is 0 Å². The van der Waals surface area contributed by atoms with Gasteiger partial charge < -0.3 is 10.5 Å². The van der Waals surface area contributed by atoms with Gasteiger partial charge in [0.25, 0.3) is 0 Å². The minimum atomic E-state index is 0.339. The second-order valence-corrected chi connectivity index (χ2v) is 5.32. The molecule has 1 fully saturated rings. The van der Waals surface area contributed by atoms with Crippen molar-refractivity contribution in [2.75, 3.05) is 13.7 Å². The van der Waals surface area contributed by atoms with Crippen LogP contribution in [0.4, 0.5) is 0 Å². The molecule has 2 heteroatoms. The highest BCUT2D eigenvalue weighted by molar-refractivity contribution is 5.45. The molecule has 1 aromatic carbocycles. The van der Waals surface area contributed by atoms with E-state index in [2.05, 4.69) is 32.9 Å². The number of methoxy groups -OCH3 is 1. The van der Waals surface area contributed by atoms with Crippen molar-refractivity contribution in [3.8, 4) is 5.75 Å². The Labute approximate surface area is 97.8 Å². The molecule has 1 aromatic rings. The van der Waals surface area contributed by atoms with E-state index in [0.717, 1.165) is 12.3 Å². The van der Waals surface area contributed by atoms with Crippen molar-refractivity contribution in [3.05, 3.63) is 29.3 Å². The van der Waals surface area contributed by atoms with E-state index in [1.807, 2.05) is 6.07 Å². The molecule has 0 saturated heterocycles. The van der Waals surface area contributed by atoms with Crippen LogP contribution in [0.5, 0.6) is 5.75 Å². The Kier molecular flexibility index (Phi) is 2.70. The maximum atomic E-state index is 5.83. The van der Waals surface area contributed by atoms with Gasteiger partial charge in [-0.3, -0.25) is 0 Å². The molecule has 1 aliphatic rings. The zero-order chi connectivity index (χ0) is 11.9. The smallest absolute Gasteiger partial charge is 0.122 e. The summed E-state index contributed by atoms with van der Waals surface area (Å²) < 4.78 is 5.37. The van der Waals surface area contributed by atoms with Crippen molar-refractivity contribution in [1.82, 2.24) is 0 Å². The van der Waals surface area contributed by atoms with Crippen molar-refractivity contribution in [1.29, 1.82) is 0 Å². The number of hydrogen-bond acceptors (Lipinski definition) is 2. The summed E-state index contributed by atoms with van der Waals surface area (Å²) in [5, 5.41) is 0. The van der Waals surface area contributed by atoms with Crippen LogP contribution in [0.2, 0.25) is 0 Å². The summed E-state index contributed by atoms with van der Waals surface area (Å²) in [7, 11) is 1.73. The first kappa shape index (κ1) is 11.5. The lowest BCUT2D eigenvalue weighted by molar-refractivity contribution is 0.410. The molecule has 0 aromatic heterocycles. The number of ether oxygens (including phenoxy) is 1. The van der Waals surface area contributed by atoms with Gasteiger partial charge in [-0.1, -0.05) is 26.0 Å². The van der Waals surface area contributed by atoms with Crippen molar-refractivity contribution in [2.45, 2.75) is 26.7 Å². The van der Waals surface area contributed by atoms with Gasteiger partial charge in [-0.05, 0) is 47.9 Å². The third kappa shape index (κ3) is 1.52. The maximum absolute atomic E-state index is 5.83. The van der Waals surface area contributed by atoms with Gasteiger partial charge in [-0.15, -0.1) is 0 Å². The van der Waals surface area contributed by atoms with Gasteiger partial charge in [0.15, 0.2) is 0 Å². The Morgan fingerprint density at radius 2 is 2.06 bits per heavy atom. The quantitative estimate of drug-likeness (QED) is 0.848. The van der Waals surface area contributed by atoms with E-state index in [1.54, 1.807) is 7.11 Å². The van der Waals surface area contributed by atoms with Crippen LogP contribution in [0.25, 0.3) is 0 Å². The van der Waals surface area contributed by atoms with E-state index in [0.29, 0.717) is 17.3 Å². The summed E-state index contributed by atoms with van der Waals surface area (Å²) in [6.07, 6.45) is 0. The second kappa shape index (κ2) is 3.77. The van der Waals surface area contributed by atoms with Gasteiger partial charge in [-0.25, -0.2) is 0 Å². The average molecular weight is 219 g/mol. The summed E-state index contributed by atoms with van der Waals surface area (Å²) in [6.45, 7) is 7.51. The first-order chi connectivity index (χ1) is 7.54. The summed E-state index contributed by atoms with van der Waals surface area (Å²) >= 11 is 0. The van der Waals surface area contributed by atoms with E-state index < -0.39 is 0 Å². The molecule has 2 atom stereocenters. The molecule has 1 aliphatic carbocycles. The van der Waals surface area contributed by atoms with Crippen molar-refractivity contribution >= 4 is 0 Å². The molecule has 2 nitrogen and oxygen atoms in total. The normalized spacial score (nSPS) is 26.6. The van der Waals surface area contributed by atoms with E-state index in [-0.39, 0.29) is 0 Å². The molecular formula is C14H21NO. The molecule has 0 heterocycles. The Hall–Kier alpha value is -1.02. The van der Waals surface area contributed by atoms with Gasteiger partial charge in [0.2, 0.25) is 0 Å². The Morgan fingerprint density at radius 3 is 2.56 bits per heavy atom. The average Bonchev–Trinajstić information content (AvgIpc) is 2.80. The van der Waals surface area contributed by atoms with E-state index in [1.165, 1.54) is 11.1 Å². The van der Waals surface area contributed by atoms with Crippen LogP contribution in [-0.2, 0) is 0 Å². The Morgan fingerprint density at radius 1 is 1.38 bits per heavy atom. The van der Waals surface area contributed by atoms with Gasteiger partial charge in [0.1, 0.15) is 5.75 Å². The first-order valence-corrected chi connectivity index (χ1v) is 5.87. The van der Waals surface area contributed by atoms with E-state index >= 15 is 0 Å². The SMILES string of the molecule is COc1cccc([C@@H]2[C@@H](CN)C2(C)C)c1C. The van der Waals surface area contributed by atoms with Crippen molar-refractivity contribution in [2.24, 2.45) is 17.1 Å². The van der Waals surface area contributed by atoms with Gasteiger partial charge in [-0.2, -0.15) is 0 Å². The van der Waals surface area contributed by atoms with Gasteiger partial charge >= 0.3 is 0 Å². The Balaban J connectivity index is 2.36. The molecular weight excluding hydrogens is 198 g/mol. The van der Waals surface area contributed by atoms with Crippen LogP contribution in [0.15, 0.2) is 18.2 Å². The third-order valence-corrected chi connectivity index (χ3v) is 4.19. The van der Waals surface area contributed by atoms with Gasteiger partial charge in [0.05, 0.1) is 7.11 Å². The zero-order valence-corrected chi connectivity index (χ0v) is 10.6. The number of benzene rings is 1. The largest absolute Gasteiger partial charge is 0.496 e. The fourth-order valence-corrected chi connectivity index (χ4v) is 2.99. The fraction of sp³-hybridized carbons (Fsp3) is 0.571. The minimum absolute atomic E-state index is 0.339. The number of hydrogen-bond donors (Lipinski definition) is 1. The molecule has 2 N–H and O–H groups in total. The molecule has 88 valence electrons. The van der Waals surface area contributed by atoms with Crippen LogP contribution in [0.3, 0.4) is 0 Å². The summed E-state index contributed by atoms with van der Waals surface area (Å²) in [4.78, 5) is 0. The zero-order valence-electron chi connectivity index (χ0n) is 10.6. The molecule has 16 heavy (non-hydrogen) atoms. The highest BCUT2D eigenvalue weighted by Gasteiger charge is 2.57. The third-order valence-electron chi connectivity index (χ3n) is 4.19. The highest BCUT2D eigenvalue weighted by atomic mass is 16.5. The summed E-state index contributed by atoms with van der Waals surface area (Å²) in [6, 6.07) is 6.30. The number of rotatable bonds is 3. The van der Waals surface area contributed by atoms with Crippen LogP contribution < -0.4 is 10.5 Å². The topological polar surface area (TPSA) is 35.2 Å². The fourth-order valence-electron chi connectivity index (χ4n) is 2.99. The highest BCUT2D eigenvalue weighted by Crippen LogP contribution is 2.64. The lowest BCUT2D eigenvalue weighted by Crippen LogP contribution is -2.05. The van der Waals surface area contributed by atoms with Gasteiger partial charge in [0, 0.05) is 0 Å². The number of nitrogens with two attached hydrogens (primary N) is 1. The van der Waals surface area contributed by atoms with Crippen molar-refractivity contribution < 1.29 is 4.74 Å². The summed E-state index contributed by atoms with van der Waals surface area (Å²) in [5.74, 6) is 2.18. The molecule has 0 amide bonds. The molecule has 0 aliphatic heterocycles. The standard InChI is InChI=1S/C14H21NO/c1-9-10(6-5-7-12(9)16-4)13-11(8-15)14(13,2)3/h5-7,11,13H,8,15H2,1-4H3/t11-,13-/m1/s1. The first-order valence-electron chi connectivity index (χ1n) is 5.87. The predicted octanol–water partition coefficient (Wildman–Crippen LogP) is 2.70. The lowest BCUT2D eigenvalue weighted by Gasteiger charge is -2.11. The molecule has 0 unspecified atom stereocenters. The predicted molar refractivity (Wildman–Crippen MR) is 66.8 cm³/mol. The van der Waals surface area contributed by atoms with Crippen LogP contribution in [0, 0.1) is 18.3 Å². The lowest BCUT2D eigenvalue weighted by atomic mass is 9.98. The molecule has 0 radical (unpaired) electrons. The van der Waals surface area contributed by atoms with Crippen LogP contribution in [0.1, 0.15) is 30.9 Å².